The molecule has 0 N–H and O–H groups in total. The molecule has 0 saturated carbocycles. The summed E-state index contributed by atoms with van der Waals surface area (Å²) in [6.07, 6.45) is 11.9. The summed E-state index contributed by atoms with van der Waals surface area (Å²) in [4.78, 5) is 14.4. The van der Waals surface area contributed by atoms with Crippen LogP contribution in [0, 0.1) is 59.7 Å². The Bertz CT molecular complexity index is 7310. The van der Waals surface area contributed by atoms with Gasteiger partial charge in [-0.1, -0.05) is 323 Å². The number of hydrogen-bond acceptors (Lipinski definition) is 3. The number of aryl methyl sites for hydroxylation is 4. The molecule has 721 valence electrons. The summed E-state index contributed by atoms with van der Waals surface area (Å²) >= 11 is 0. The maximum atomic E-state index is 4.84. The van der Waals surface area contributed by atoms with Gasteiger partial charge in [0.25, 0.3) is 0 Å². The number of aromatic nitrogens is 6. The van der Waals surface area contributed by atoms with E-state index in [1.165, 1.54) is 184 Å². The van der Waals surface area contributed by atoms with Crippen molar-refractivity contribution in [2.75, 3.05) is 0 Å². The van der Waals surface area contributed by atoms with Gasteiger partial charge in [-0.2, -0.15) is 0 Å². The van der Waals surface area contributed by atoms with E-state index in [-0.39, 0.29) is 82.0 Å². The summed E-state index contributed by atoms with van der Waals surface area (Å²) in [6, 6.07) is 132. The number of benzene rings is 16. The zero-order valence-corrected chi connectivity index (χ0v) is 93.2. The molecule has 16 aromatic carbocycles. The van der Waals surface area contributed by atoms with Gasteiger partial charge in [0.2, 0.25) is 0 Å². The van der Waals surface area contributed by atoms with Crippen molar-refractivity contribution < 1.29 is 60.3 Å². The third-order valence-corrected chi connectivity index (χ3v) is 27.3. The van der Waals surface area contributed by atoms with Crippen LogP contribution in [0.25, 0.3) is 162 Å². The summed E-state index contributed by atoms with van der Waals surface area (Å²) in [5, 5.41) is 0. The summed E-state index contributed by atoms with van der Waals surface area (Å²) in [6.45, 7) is 49.6. The van der Waals surface area contributed by atoms with Crippen LogP contribution >= 0.6 is 0 Å². The summed E-state index contributed by atoms with van der Waals surface area (Å²) < 4.78 is 6.65. The number of rotatable bonds is 18. The number of para-hydroxylation sites is 2. The molecule has 0 aliphatic heterocycles. The molecule has 0 atom stereocenters. The Labute approximate surface area is 885 Å². The maximum Gasteiger partial charge on any atom is 0.0603 e. The molecule has 0 fully saturated rings. The molecule has 19 rings (SSSR count). The first-order valence-electron chi connectivity index (χ1n) is 49.1. The van der Waals surface area contributed by atoms with Gasteiger partial charge in [0.05, 0.1) is 17.5 Å². The van der Waals surface area contributed by atoms with Gasteiger partial charge < -0.3 is 13.7 Å². The van der Waals surface area contributed by atoms with Crippen molar-refractivity contribution in [3.63, 3.8) is 0 Å². The van der Waals surface area contributed by atoms with Crippen molar-refractivity contribution >= 4 is 0 Å². The molecule has 0 amide bonds. The molecule has 0 bridgehead atoms. The van der Waals surface area contributed by atoms with Crippen LogP contribution in [-0.2, 0) is 82.0 Å². The molecule has 3 heterocycles. The monoisotopic (exact) mass is 2390 g/mol. The Hall–Kier alpha value is -12.9. The van der Waals surface area contributed by atoms with E-state index in [0.717, 1.165) is 45.3 Å². The third-order valence-electron chi connectivity index (χ3n) is 27.3. The van der Waals surface area contributed by atoms with E-state index < -0.39 is 0 Å². The van der Waals surface area contributed by atoms with Crippen LogP contribution in [0.3, 0.4) is 0 Å². The summed E-state index contributed by atoms with van der Waals surface area (Å²) in [5.41, 5.74) is 46.6. The van der Waals surface area contributed by atoms with Crippen molar-refractivity contribution in [2.24, 2.45) is 0 Å². The Morgan fingerprint density at radius 2 is 0.507 bits per heavy atom. The minimum Gasteiger partial charge on any atom is -0.340 e. The Balaban J connectivity index is 0.000000168. The van der Waals surface area contributed by atoms with Gasteiger partial charge in [-0.3, -0.25) is 15.0 Å². The molecule has 3 aromatic heterocycles. The average molecular weight is 2390 g/mol. The minimum absolute atomic E-state index is 0. The quantitative estimate of drug-likeness (QED) is 0.0805. The average Bonchev–Trinajstić information content (AvgIpc) is 1.21. The second kappa shape index (κ2) is 44.3. The van der Waals surface area contributed by atoms with E-state index in [9.17, 15) is 0 Å². The Morgan fingerprint density at radius 1 is 0.232 bits per heavy atom. The minimum atomic E-state index is 0. The Kier molecular flexibility index (Phi) is 32.7. The van der Waals surface area contributed by atoms with Gasteiger partial charge in [0, 0.05) is 115 Å². The molecule has 0 aliphatic rings. The summed E-state index contributed by atoms with van der Waals surface area (Å²) in [5.74, 6) is 3.31. The second-order valence-electron chi connectivity index (χ2n) is 42.2. The molecule has 0 spiro atoms. The van der Waals surface area contributed by atoms with Crippen LogP contribution < -0.4 is 0 Å². The van der Waals surface area contributed by atoms with Crippen molar-refractivity contribution in [1.29, 1.82) is 0 Å². The molecule has 142 heavy (non-hydrogen) atoms. The first kappa shape index (κ1) is 105. The van der Waals surface area contributed by atoms with E-state index in [1.54, 1.807) is 0 Å². The van der Waals surface area contributed by atoms with Crippen molar-refractivity contribution in [1.82, 2.24) is 28.7 Å². The fourth-order valence-corrected chi connectivity index (χ4v) is 19.4. The van der Waals surface area contributed by atoms with E-state index in [2.05, 4.69) is 512 Å². The maximum absolute atomic E-state index is 4.84. The largest absolute Gasteiger partial charge is 0.340 e. The van der Waals surface area contributed by atoms with E-state index in [0.29, 0.717) is 11.8 Å². The van der Waals surface area contributed by atoms with Crippen LogP contribution in [0.15, 0.2) is 371 Å². The van der Waals surface area contributed by atoms with Crippen LogP contribution in [0.1, 0.15) is 189 Å². The van der Waals surface area contributed by atoms with Crippen LogP contribution in [0.2, 0.25) is 0 Å². The van der Waals surface area contributed by atoms with Gasteiger partial charge in [-0.25, -0.2) is 0 Å². The predicted molar refractivity (Wildman–Crippen MR) is 589 cm³/mol. The molecule has 0 aliphatic carbocycles. The molecule has 9 heteroatoms. The molecular weight excluding hydrogens is 2260 g/mol. The first-order chi connectivity index (χ1) is 66.6. The number of imidazole rings is 3. The van der Waals surface area contributed by atoms with Crippen LogP contribution in [0.5, 0.6) is 0 Å². The second-order valence-corrected chi connectivity index (χ2v) is 42.2. The zero-order chi connectivity index (χ0) is 97.9. The van der Waals surface area contributed by atoms with Crippen molar-refractivity contribution in [3.05, 3.63) is 456 Å². The number of hydrogen-bond donors (Lipinski definition) is 0. The molecular formula is C133H129Ir3N6-3. The van der Waals surface area contributed by atoms with Crippen LogP contribution in [0.4, 0.5) is 0 Å². The SMILES string of the molecule is CC(C)c1cc(-c2cc(-c3ccc(C(C)(C)C)cc3)cc(-c3ccc(C(C)(C)C)cc3)c2)cc(C(C)C)c1-n1ccnc1-c1[c-]cccc1.Cc1cccc(C)c1-n1ccnc1-c1[c-]ccc(-c2c(C)c(-c3ccc(C(C)(C)C)cc3)cc(-c3ccc(C(C)(C)C)cc3)c2C)c1.Cc1cccc(C)c1-n1ccnc1-c1[c-]ccc(-c2cccc(-c3cc(-c4ccccc4)cc(-c4ccccc4)c3)c2)c1.[Ir].[Ir].[Ir]. The smallest absolute Gasteiger partial charge is 0.0603 e. The van der Waals surface area contributed by atoms with Crippen molar-refractivity contribution in [3.8, 4) is 162 Å². The molecule has 3 radical (unpaired) electrons. The molecule has 0 saturated heterocycles. The van der Waals surface area contributed by atoms with E-state index in [1.807, 2.05) is 43.0 Å². The van der Waals surface area contributed by atoms with Gasteiger partial charge in [0.15, 0.2) is 0 Å². The predicted octanol–water partition coefficient (Wildman–Crippen LogP) is 36.0. The standard InChI is InChI=1S/C47H51N2.C45H47N2.C41H31N2.3Ir/c1-31(2)42-29-39(30-43(32(3)4)44(42)49-25-24-48-45(49)35-14-12-11-13-15-35)38-27-36(33-16-20-40(21-17-33)46(5,6)7)26-37(28-38)34-18-22-41(23-19-34)47(8,9)10;1-29-13-11-14-30(2)42(29)47-26-25-46-43(47)36-16-12-15-35(27-36)41-31(3)39(33-17-21-37(22-18-33)44(5,6)7)28-40(32(41)4)34-19-23-38(24-20-34)45(8,9)10;1-29-12-9-13-30(2)40(29)43-23-22-42-41(43)36-21-11-19-34(25-36)33-18-10-20-35(24-33)39-27-37(31-14-5-3-6-15-31)26-38(28-39)32-16-7-4-8-17-32;;;/h11-14,16-32H,1-10H3;11-15,17-28H,1-10H3;3-20,22-28H,1-2H3;;;/q3*-1;;;. The molecule has 19 aromatic rings. The topological polar surface area (TPSA) is 53.5 Å². The first-order valence-corrected chi connectivity index (χ1v) is 49.1. The van der Waals surface area contributed by atoms with Gasteiger partial charge >= 0.3 is 0 Å². The fourth-order valence-electron chi connectivity index (χ4n) is 19.4. The van der Waals surface area contributed by atoms with Gasteiger partial charge in [0.1, 0.15) is 0 Å². The Morgan fingerprint density at radius 3 is 0.866 bits per heavy atom. The third kappa shape index (κ3) is 23.2. The van der Waals surface area contributed by atoms with Gasteiger partial charge in [-0.15, -0.1) is 107 Å². The molecule has 0 unspecified atom stereocenters. The van der Waals surface area contributed by atoms with Gasteiger partial charge in [-0.05, 0) is 303 Å². The zero-order valence-electron chi connectivity index (χ0n) is 86.1. The van der Waals surface area contributed by atoms with E-state index >= 15 is 0 Å². The van der Waals surface area contributed by atoms with Crippen molar-refractivity contribution in [2.45, 2.75) is 186 Å². The molecule has 6 nitrogen and oxygen atoms in total. The normalized spacial score (nSPS) is 11.5. The number of nitrogens with zero attached hydrogens (tertiary/aromatic N) is 6. The summed E-state index contributed by atoms with van der Waals surface area (Å²) in [7, 11) is 0. The van der Waals surface area contributed by atoms with E-state index in [4.69, 9.17) is 15.0 Å². The van der Waals surface area contributed by atoms with Crippen LogP contribution in [-0.4, -0.2) is 28.7 Å². The fraction of sp³-hybridized carbons (Fsp3) is 0.211.